The van der Waals surface area contributed by atoms with Gasteiger partial charge in [-0.25, -0.2) is 4.98 Å². The molecule has 6 rings (SSSR count). The molecule has 0 saturated carbocycles. The number of H-pyrrole nitrogens is 1. The fourth-order valence-corrected chi connectivity index (χ4v) is 5.54. The van der Waals surface area contributed by atoms with Gasteiger partial charge in [0.2, 0.25) is 11.8 Å². The lowest BCUT2D eigenvalue weighted by atomic mass is 10.0. The van der Waals surface area contributed by atoms with Crippen molar-refractivity contribution in [1.29, 1.82) is 0 Å². The van der Waals surface area contributed by atoms with Gasteiger partial charge in [0, 0.05) is 37.2 Å². The van der Waals surface area contributed by atoms with Gasteiger partial charge in [-0.15, -0.1) is 0 Å². The molecule has 3 aliphatic rings. The number of pyridine rings is 1. The van der Waals surface area contributed by atoms with Crippen LogP contribution in [0.25, 0.3) is 22.3 Å². The number of amides is 3. The van der Waals surface area contributed by atoms with Gasteiger partial charge in [0.15, 0.2) is 5.82 Å². The van der Waals surface area contributed by atoms with Crippen molar-refractivity contribution in [3.05, 3.63) is 41.0 Å². The molecule has 2 fully saturated rings. The van der Waals surface area contributed by atoms with Crippen LogP contribution < -0.4 is 10.6 Å². The van der Waals surface area contributed by atoms with Gasteiger partial charge in [0.25, 0.3) is 5.91 Å². The molecule has 186 valence electrons. The van der Waals surface area contributed by atoms with Crippen molar-refractivity contribution in [3.63, 3.8) is 0 Å². The zero-order valence-electron chi connectivity index (χ0n) is 20.3. The molecule has 0 aliphatic carbocycles. The minimum absolute atomic E-state index is 0.173. The molecule has 3 amide bonds. The van der Waals surface area contributed by atoms with Gasteiger partial charge in [-0.2, -0.15) is 5.10 Å². The topological polar surface area (TPSA) is 123 Å². The van der Waals surface area contributed by atoms with Crippen LogP contribution in [0.5, 0.6) is 0 Å². The van der Waals surface area contributed by atoms with Crippen LogP contribution in [0.3, 0.4) is 0 Å². The lowest BCUT2D eigenvalue weighted by Crippen LogP contribution is -2.52. The van der Waals surface area contributed by atoms with E-state index < -0.39 is 11.9 Å². The van der Waals surface area contributed by atoms with Crippen molar-refractivity contribution < 1.29 is 14.4 Å². The molecular formula is C26H29N7O3. The van der Waals surface area contributed by atoms with Crippen molar-refractivity contribution in [3.8, 4) is 11.3 Å². The van der Waals surface area contributed by atoms with Crippen LogP contribution in [-0.4, -0.2) is 68.4 Å². The number of rotatable bonds is 6. The van der Waals surface area contributed by atoms with E-state index in [1.165, 1.54) is 12.8 Å². The van der Waals surface area contributed by atoms with Gasteiger partial charge in [-0.1, -0.05) is 6.07 Å². The largest absolute Gasteiger partial charge is 0.367 e. The summed E-state index contributed by atoms with van der Waals surface area (Å²) in [4.78, 5) is 46.0. The Morgan fingerprint density at radius 3 is 2.75 bits per heavy atom. The van der Waals surface area contributed by atoms with E-state index in [9.17, 15) is 14.4 Å². The Morgan fingerprint density at radius 1 is 1.14 bits per heavy atom. The summed E-state index contributed by atoms with van der Waals surface area (Å²) in [5.74, 6) is -0.127. The maximum atomic E-state index is 13.1. The number of anilines is 1. The van der Waals surface area contributed by atoms with Crippen molar-refractivity contribution in [1.82, 2.24) is 30.3 Å². The number of benzene rings is 1. The molecule has 0 radical (unpaired) electrons. The first-order valence-electron chi connectivity index (χ1n) is 12.6. The van der Waals surface area contributed by atoms with Gasteiger partial charge in [-0.05, 0) is 68.6 Å². The number of fused-ring (bicyclic) bond motifs is 2. The van der Waals surface area contributed by atoms with E-state index >= 15 is 0 Å². The van der Waals surface area contributed by atoms with Gasteiger partial charge in [-0.3, -0.25) is 29.7 Å². The molecule has 36 heavy (non-hydrogen) atoms. The minimum atomic E-state index is -0.624. The molecule has 3 N–H and O–H groups in total. The van der Waals surface area contributed by atoms with Crippen LogP contribution >= 0.6 is 0 Å². The Labute approximate surface area is 208 Å². The summed E-state index contributed by atoms with van der Waals surface area (Å²) in [5, 5.41) is 13.3. The van der Waals surface area contributed by atoms with Crippen LogP contribution in [0.4, 0.5) is 5.82 Å². The fourth-order valence-electron chi connectivity index (χ4n) is 5.54. The number of nitrogens with zero attached hydrogens (tertiary/aromatic N) is 4. The molecule has 1 unspecified atom stereocenters. The van der Waals surface area contributed by atoms with Crippen molar-refractivity contribution >= 4 is 34.6 Å². The van der Waals surface area contributed by atoms with Gasteiger partial charge < -0.3 is 10.2 Å². The van der Waals surface area contributed by atoms with E-state index in [2.05, 4.69) is 31.8 Å². The second-order valence-electron chi connectivity index (χ2n) is 9.75. The number of piperidine rings is 1. The molecule has 3 aromatic rings. The second-order valence-corrected chi connectivity index (χ2v) is 9.75. The first-order chi connectivity index (χ1) is 17.5. The Balaban J connectivity index is 1.35. The summed E-state index contributed by atoms with van der Waals surface area (Å²) >= 11 is 0. The van der Waals surface area contributed by atoms with E-state index in [0.29, 0.717) is 18.5 Å². The Bertz CT molecular complexity index is 1380. The van der Waals surface area contributed by atoms with Crippen LogP contribution in [0, 0.1) is 0 Å². The first kappa shape index (κ1) is 22.7. The average molecular weight is 488 g/mol. The SMILES string of the molecule is CCNc1n[nH]c2c(CN3CCCC3)cc(-c3ccc4c(c3)CN(C3CCC(=O)NC3=O)C4=O)nc12. The summed E-state index contributed by atoms with van der Waals surface area (Å²) in [7, 11) is 0. The third kappa shape index (κ3) is 3.91. The van der Waals surface area contributed by atoms with Crippen LogP contribution in [0.2, 0.25) is 0 Å². The standard InChI is InChI=1S/C26H29N7O3/c1-2-27-24-23-22(30-31-24)17(13-32-9-3-4-10-32)12-19(28-23)15-5-6-18-16(11-15)14-33(26(18)36)20-7-8-21(34)29-25(20)35/h5-6,11-12,20H,2-4,7-10,13-14H2,1H3,(H2,27,30,31)(H,29,34,35). The summed E-state index contributed by atoms with van der Waals surface area (Å²) in [6, 6.07) is 7.24. The Hall–Kier alpha value is -3.79. The van der Waals surface area contributed by atoms with E-state index in [1.807, 2.05) is 25.1 Å². The molecule has 10 heteroatoms. The molecule has 3 aliphatic heterocycles. The number of aromatic amines is 1. The molecule has 0 spiro atoms. The second kappa shape index (κ2) is 9.02. The van der Waals surface area contributed by atoms with Crippen LogP contribution in [-0.2, 0) is 22.7 Å². The van der Waals surface area contributed by atoms with E-state index in [1.54, 1.807) is 4.90 Å². The molecule has 2 saturated heterocycles. The van der Waals surface area contributed by atoms with E-state index in [4.69, 9.17) is 4.98 Å². The molecule has 1 atom stereocenters. The van der Waals surface area contributed by atoms with Crippen molar-refractivity contribution in [2.24, 2.45) is 0 Å². The third-order valence-corrected chi connectivity index (χ3v) is 7.36. The molecular weight excluding hydrogens is 458 g/mol. The number of aromatic nitrogens is 3. The Kier molecular flexibility index (Phi) is 5.67. The molecule has 2 aromatic heterocycles. The predicted molar refractivity (Wildman–Crippen MR) is 134 cm³/mol. The summed E-state index contributed by atoms with van der Waals surface area (Å²) in [5.41, 5.74) is 6.11. The number of hydrogen-bond acceptors (Lipinski definition) is 7. The van der Waals surface area contributed by atoms with E-state index in [-0.39, 0.29) is 18.2 Å². The van der Waals surface area contributed by atoms with Crippen molar-refractivity contribution in [2.75, 3.05) is 25.0 Å². The van der Waals surface area contributed by atoms with Crippen LogP contribution in [0.1, 0.15) is 54.1 Å². The van der Waals surface area contributed by atoms with Gasteiger partial charge in [0.05, 0.1) is 11.2 Å². The highest BCUT2D eigenvalue weighted by molar-refractivity contribution is 6.05. The van der Waals surface area contributed by atoms with Gasteiger partial charge >= 0.3 is 0 Å². The quantitative estimate of drug-likeness (QED) is 0.456. The first-order valence-corrected chi connectivity index (χ1v) is 12.6. The molecule has 5 heterocycles. The molecule has 10 nitrogen and oxygen atoms in total. The van der Waals surface area contributed by atoms with Crippen molar-refractivity contribution in [2.45, 2.75) is 51.7 Å². The summed E-state index contributed by atoms with van der Waals surface area (Å²) < 4.78 is 0. The maximum Gasteiger partial charge on any atom is 0.255 e. The highest BCUT2D eigenvalue weighted by atomic mass is 16.2. The van der Waals surface area contributed by atoms with Crippen LogP contribution in [0.15, 0.2) is 24.3 Å². The maximum absolute atomic E-state index is 13.1. The monoisotopic (exact) mass is 487 g/mol. The highest BCUT2D eigenvalue weighted by Gasteiger charge is 2.39. The minimum Gasteiger partial charge on any atom is -0.367 e. The molecule has 1 aromatic carbocycles. The Morgan fingerprint density at radius 2 is 1.97 bits per heavy atom. The average Bonchev–Trinajstić information content (AvgIpc) is 3.60. The normalized spacial score (nSPS) is 20.3. The number of carbonyl (C=O) groups is 3. The number of imide groups is 1. The third-order valence-electron chi connectivity index (χ3n) is 7.36. The molecule has 0 bridgehead atoms. The zero-order chi connectivity index (χ0) is 24.8. The number of carbonyl (C=O) groups excluding carboxylic acids is 3. The highest BCUT2D eigenvalue weighted by Crippen LogP contribution is 2.33. The zero-order valence-corrected chi connectivity index (χ0v) is 20.3. The summed E-state index contributed by atoms with van der Waals surface area (Å²) in [6.45, 7) is 6.11. The predicted octanol–water partition coefficient (Wildman–Crippen LogP) is 2.41. The number of nitrogens with one attached hydrogen (secondary N) is 3. The fraction of sp³-hybridized carbons (Fsp3) is 0.423. The smallest absolute Gasteiger partial charge is 0.255 e. The lowest BCUT2D eigenvalue weighted by molar-refractivity contribution is -0.136. The van der Waals surface area contributed by atoms with E-state index in [0.717, 1.165) is 65.4 Å². The summed E-state index contributed by atoms with van der Waals surface area (Å²) in [6.07, 6.45) is 3.03. The van der Waals surface area contributed by atoms with Gasteiger partial charge in [0.1, 0.15) is 11.6 Å². The number of hydrogen-bond donors (Lipinski definition) is 3. The number of likely N-dealkylation sites (tertiary alicyclic amines) is 1. The lowest BCUT2D eigenvalue weighted by Gasteiger charge is -2.29.